The molecule has 0 bridgehead atoms. The molecule has 4 nitrogen and oxygen atoms in total. The minimum Gasteiger partial charge on any atom is -0.399 e. The maximum Gasteiger partial charge on any atom is 0.254 e. The summed E-state index contributed by atoms with van der Waals surface area (Å²) in [5.41, 5.74) is 7.10. The third-order valence-electron chi connectivity index (χ3n) is 3.93. The smallest absolute Gasteiger partial charge is 0.254 e. The summed E-state index contributed by atoms with van der Waals surface area (Å²) in [5, 5.41) is 2.04. The van der Waals surface area contributed by atoms with E-state index in [9.17, 15) is 4.79 Å². The van der Waals surface area contributed by atoms with E-state index in [0.717, 1.165) is 19.6 Å². The van der Waals surface area contributed by atoms with Crippen molar-refractivity contribution in [1.82, 2.24) is 9.80 Å². The average molecular weight is 331 g/mol. The summed E-state index contributed by atoms with van der Waals surface area (Å²) >= 11 is 1.68. The van der Waals surface area contributed by atoms with Crippen LogP contribution in [-0.4, -0.2) is 41.9 Å². The monoisotopic (exact) mass is 331 g/mol. The van der Waals surface area contributed by atoms with Gasteiger partial charge in [0, 0.05) is 29.2 Å². The van der Waals surface area contributed by atoms with Crippen molar-refractivity contribution in [2.45, 2.75) is 20.4 Å². The van der Waals surface area contributed by atoms with E-state index in [4.69, 9.17) is 5.73 Å². The van der Waals surface area contributed by atoms with E-state index < -0.39 is 0 Å². The first-order valence-corrected chi connectivity index (χ1v) is 8.91. The topological polar surface area (TPSA) is 49.6 Å². The summed E-state index contributed by atoms with van der Waals surface area (Å²) in [7, 11) is 0. The molecule has 124 valence electrons. The molecule has 0 aliphatic heterocycles. The van der Waals surface area contributed by atoms with Crippen molar-refractivity contribution in [3.8, 4) is 0 Å². The Hall–Kier alpha value is -1.85. The lowest BCUT2D eigenvalue weighted by Gasteiger charge is -2.26. The van der Waals surface area contributed by atoms with Crippen LogP contribution < -0.4 is 5.73 Å². The van der Waals surface area contributed by atoms with Crippen molar-refractivity contribution in [2.24, 2.45) is 0 Å². The first kappa shape index (κ1) is 17.5. The molecule has 1 amide bonds. The number of nitrogens with zero attached hydrogens (tertiary/aromatic N) is 2. The lowest BCUT2D eigenvalue weighted by atomic mass is 10.1. The zero-order valence-electron chi connectivity index (χ0n) is 13.9. The van der Waals surface area contributed by atoms with Gasteiger partial charge in [0.25, 0.3) is 5.91 Å². The number of likely N-dealkylation sites (N-methyl/N-ethyl adjacent to an activating group) is 1. The van der Waals surface area contributed by atoms with Crippen molar-refractivity contribution in [3.05, 3.63) is 52.2 Å². The summed E-state index contributed by atoms with van der Waals surface area (Å²) in [6, 6.07) is 11.3. The number of hydrogen-bond donors (Lipinski definition) is 1. The number of rotatable bonds is 8. The number of nitrogens with two attached hydrogens (primary N) is 1. The van der Waals surface area contributed by atoms with Crippen LogP contribution in [0.2, 0.25) is 0 Å². The second kappa shape index (κ2) is 8.70. The molecular formula is C18H25N3OS. The molecule has 0 saturated carbocycles. The summed E-state index contributed by atoms with van der Waals surface area (Å²) in [4.78, 5) is 18.3. The van der Waals surface area contributed by atoms with Gasteiger partial charge in [0.15, 0.2) is 0 Å². The first-order valence-electron chi connectivity index (χ1n) is 8.03. The summed E-state index contributed by atoms with van der Waals surface area (Å²) in [5.74, 6) is 0.0397. The Morgan fingerprint density at radius 1 is 1.13 bits per heavy atom. The minimum absolute atomic E-state index is 0.0397. The predicted molar refractivity (Wildman–Crippen MR) is 97.7 cm³/mol. The molecule has 0 radical (unpaired) electrons. The average Bonchev–Trinajstić information content (AvgIpc) is 3.07. The van der Waals surface area contributed by atoms with Crippen LogP contribution >= 0.6 is 11.3 Å². The van der Waals surface area contributed by atoms with Crippen LogP contribution in [0.3, 0.4) is 0 Å². The molecule has 0 aliphatic rings. The van der Waals surface area contributed by atoms with E-state index >= 15 is 0 Å². The van der Waals surface area contributed by atoms with Gasteiger partial charge < -0.3 is 15.5 Å². The Balaban J connectivity index is 2.13. The number of anilines is 1. The molecule has 2 aromatic rings. The van der Waals surface area contributed by atoms with Crippen LogP contribution in [0, 0.1) is 0 Å². The van der Waals surface area contributed by atoms with Gasteiger partial charge in [-0.3, -0.25) is 4.79 Å². The number of thiophene rings is 1. The molecule has 0 saturated heterocycles. The van der Waals surface area contributed by atoms with Gasteiger partial charge in [-0.05, 0) is 42.7 Å². The molecule has 2 rings (SSSR count). The van der Waals surface area contributed by atoms with E-state index in [2.05, 4.69) is 24.8 Å². The Kier molecular flexibility index (Phi) is 6.62. The zero-order chi connectivity index (χ0) is 16.7. The molecule has 0 spiro atoms. The molecule has 2 N–H and O–H groups in total. The highest BCUT2D eigenvalue weighted by Crippen LogP contribution is 2.16. The maximum absolute atomic E-state index is 12.9. The Labute approximate surface area is 142 Å². The maximum atomic E-state index is 12.9. The van der Waals surface area contributed by atoms with Gasteiger partial charge in [0.2, 0.25) is 0 Å². The fourth-order valence-corrected chi connectivity index (χ4v) is 3.22. The van der Waals surface area contributed by atoms with Gasteiger partial charge in [-0.1, -0.05) is 26.0 Å². The number of benzene rings is 1. The third-order valence-corrected chi connectivity index (χ3v) is 4.79. The number of carbonyl (C=O) groups excluding carboxylic acids is 1. The van der Waals surface area contributed by atoms with Crippen LogP contribution in [0.5, 0.6) is 0 Å². The van der Waals surface area contributed by atoms with E-state index in [1.807, 2.05) is 28.5 Å². The van der Waals surface area contributed by atoms with Gasteiger partial charge >= 0.3 is 0 Å². The molecular weight excluding hydrogens is 306 g/mol. The van der Waals surface area contributed by atoms with Gasteiger partial charge in [0.1, 0.15) is 0 Å². The number of nitrogen functional groups attached to an aromatic ring is 1. The van der Waals surface area contributed by atoms with Crippen molar-refractivity contribution < 1.29 is 4.79 Å². The highest BCUT2D eigenvalue weighted by Gasteiger charge is 2.17. The molecule has 0 unspecified atom stereocenters. The Morgan fingerprint density at radius 2 is 1.91 bits per heavy atom. The molecule has 23 heavy (non-hydrogen) atoms. The van der Waals surface area contributed by atoms with Crippen molar-refractivity contribution in [2.75, 3.05) is 31.9 Å². The molecule has 0 fully saturated rings. The van der Waals surface area contributed by atoms with Crippen LogP contribution in [-0.2, 0) is 6.54 Å². The second-order valence-electron chi connectivity index (χ2n) is 5.46. The van der Waals surface area contributed by atoms with E-state index in [0.29, 0.717) is 24.3 Å². The Bertz CT molecular complexity index is 608. The van der Waals surface area contributed by atoms with E-state index in [1.54, 1.807) is 23.5 Å². The van der Waals surface area contributed by atoms with Gasteiger partial charge in [-0.2, -0.15) is 0 Å². The molecule has 5 heteroatoms. The predicted octanol–water partition coefficient (Wildman–Crippen LogP) is 3.31. The number of hydrogen-bond acceptors (Lipinski definition) is 4. The van der Waals surface area contributed by atoms with E-state index in [-0.39, 0.29) is 5.91 Å². The van der Waals surface area contributed by atoms with Crippen molar-refractivity contribution in [3.63, 3.8) is 0 Å². The Morgan fingerprint density at radius 3 is 2.52 bits per heavy atom. The van der Waals surface area contributed by atoms with Crippen LogP contribution in [0.15, 0.2) is 41.8 Å². The molecule has 0 aliphatic carbocycles. The lowest BCUT2D eigenvalue weighted by Crippen LogP contribution is -2.38. The molecule has 1 aromatic carbocycles. The molecule has 0 atom stereocenters. The third kappa shape index (κ3) is 5.08. The minimum atomic E-state index is 0.0397. The summed E-state index contributed by atoms with van der Waals surface area (Å²) in [6.45, 7) is 8.53. The van der Waals surface area contributed by atoms with Gasteiger partial charge in [-0.15, -0.1) is 11.3 Å². The summed E-state index contributed by atoms with van der Waals surface area (Å²) < 4.78 is 0. The lowest BCUT2D eigenvalue weighted by molar-refractivity contribution is 0.0726. The standard InChI is InChI=1S/C18H25N3OS/c1-3-20(4-2)10-11-21(14-17-9-6-12-23-17)18(22)15-7-5-8-16(19)13-15/h5-9,12-13H,3-4,10-11,14,19H2,1-2H3. The quantitative estimate of drug-likeness (QED) is 0.755. The van der Waals surface area contributed by atoms with Crippen LogP contribution in [0.1, 0.15) is 29.1 Å². The summed E-state index contributed by atoms with van der Waals surface area (Å²) in [6.07, 6.45) is 0. The fraction of sp³-hybridized carbons (Fsp3) is 0.389. The van der Waals surface area contributed by atoms with Gasteiger partial charge in [0.05, 0.1) is 6.54 Å². The fourth-order valence-electron chi connectivity index (χ4n) is 2.50. The van der Waals surface area contributed by atoms with Gasteiger partial charge in [-0.25, -0.2) is 0 Å². The highest BCUT2D eigenvalue weighted by atomic mass is 32.1. The number of amides is 1. The van der Waals surface area contributed by atoms with Crippen molar-refractivity contribution in [1.29, 1.82) is 0 Å². The second-order valence-corrected chi connectivity index (χ2v) is 6.49. The highest BCUT2D eigenvalue weighted by molar-refractivity contribution is 7.09. The normalized spacial score (nSPS) is 10.9. The van der Waals surface area contributed by atoms with E-state index in [1.165, 1.54) is 4.88 Å². The van der Waals surface area contributed by atoms with Crippen molar-refractivity contribution >= 4 is 22.9 Å². The van der Waals surface area contributed by atoms with Crippen LogP contribution in [0.4, 0.5) is 5.69 Å². The largest absolute Gasteiger partial charge is 0.399 e. The molecule has 1 aromatic heterocycles. The first-order chi connectivity index (χ1) is 11.1. The number of carbonyl (C=O) groups is 1. The molecule has 1 heterocycles. The van der Waals surface area contributed by atoms with Crippen LogP contribution in [0.25, 0.3) is 0 Å². The zero-order valence-corrected chi connectivity index (χ0v) is 14.7. The SMILES string of the molecule is CCN(CC)CCN(Cc1cccs1)C(=O)c1cccc(N)c1.